The van der Waals surface area contributed by atoms with Crippen molar-refractivity contribution in [2.45, 2.75) is 31.2 Å². The average Bonchev–Trinajstić information content (AvgIpc) is 2.97. The van der Waals surface area contributed by atoms with E-state index in [2.05, 4.69) is 15.5 Å². The van der Waals surface area contributed by atoms with Crippen LogP contribution in [0.15, 0.2) is 28.6 Å². The van der Waals surface area contributed by atoms with Gasteiger partial charge >= 0.3 is 0 Å². The van der Waals surface area contributed by atoms with E-state index in [9.17, 15) is 13.2 Å². The number of sulfonamides is 1. The lowest BCUT2D eigenvalue weighted by atomic mass is 10.1. The number of hydrogen-bond acceptors (Lipinski definition) is 6. The summed E-state index contributed by atoms with van der Waals surface area (Å²) in [4.78, 5) is 11.7. The lowest BCUT2D eigenvalue weighted by Gasteiger charge is -2.14. The molecule has 7 nitrogen and oxygen atoms in total. The smallest absolute Gasteiger partial charge is 0.272 e. The summed E-state index contributed by atoms with van der Waals surface area (Å²) >= 11 is 6.66. The van der Waals surface area contributed by atoms with Gasteiger partial charge in [-0.1, -0.05) is 48.9 Å². The van der Waals surface area contributed by atoms with Gasteiger partial charge in [0.2, 0.25) is 15.4 Å². The molecular formula is C15H19ClN4O3S2. The molecule has 25 heavy (non-hydrogen) atoms. The largest absolute Gasteiger partial charge is 0.300 e. The van der Waals surface area contributed by atoms with E-state index < -0.39 is 10.0 Å². The van der Waals surface area contributed by atoms with E-state index in [0.29, 0.717) is 11.4 Å². The summed E-state index contributed by atoms with van der Waals surface area (Å²) in [6, 6.07) is 6.91. The lowest BCUT2D eigenvalue weighted by Crippen LogP contribution is -2.26. The van der Waals surface area contributed by atoms with Gasteiger partial charge in [-0.25, -0.2) is 8.42 Å². The van der Waals surface area contributed by atoms with E-state index in [0.717, 1.165) is 16.9 Å². The fourth-order valence-electron chi connectivity index (χ4n) is 1.97. The Bertz CT molecular complexity index is 835. The Morgan fingerprint density at radius 3 is 2.52 bits per heavy atom. The summed E-state index contributed by atoms with van der Waals surface area (Å²) in [5, 5.41) is 10.8. The molecule has 0 bridgehead atoms. The van der Waals surface area contributed by atoms with Gasteiger partial charge in [0.15, 0.2) is 0 Å². The van der Waals surface area contributed by atoms with Crippen LogP contribution in [-0.2, 0) is 21.4 Å². The molecule has 1 amide bonds. The minimum absolute atomic E-state index is 0.163. The number of nitrogens with zero attached hydrogens (tertiary/aromatic N) is 3. The Labute approximate surface area is 156 Å². The molecule has 0 spiro atoms. The molecule has 0 unspecified atom stereocenters. The third kappa shape index (κ3) is 5.46. The second-order valence-corrected chi connectivity index (χ2v) is 9.54. The lowest BCUT2D eigenvalue weighted by molar-refractivity contribution is -0.116. The van der Waals surface area contributed by atoms with E-state index >= 15 is 0 Å². The van der Waals surface area contributed by atoms with Crippen molar-refractivity contribution in [1.82, 2.24) is 14.5 Å². The zero-order chi connectivity index (χ0) is 18.6. The summed E-state index contributed by atoms with van der Waals surface area (Å²) in [6.45, 7) is 4.01. The summed E-state index contributed by atoms with van der Waals surface area (Å²) in [6.07, 6.45) is 0.331. The van der Waals surface area contributed by atoms with Gasteiger partial charge in [-0.3, -0.25) is 4.79 Å². The van der Waals surface area contributed by atoms with Crippen LogP contribution in [0.5, 0.6) is 0 Å². The highest BCUT2D eigenvalue weighted by Gasteiger charge is 2.26. The van der Waals surface area contributed by atoms with Crippen molar-refractivity contribution >= 4 is 44.0 Å². The fraction of sp³-hybridized carbons (Fsp3) is 0.400. The zero-order valence-electron chi connectivity index (χ0n) is 14.1. The van der Waals surface area contributed by atoms with Crippen LogP contribution in [0.1, 0.15) is 25.8 Å². The Kier molecular flexibility index (Phi) is 6.50. The predicted molar refractivity (Wildman–Crippen MR) is 98.1 cm³/mol. The van der Waals surface area contributed by atoms with E-state index in [1.165, 1.54) is 11.4 Å². The first-order valence-electron chi connectivity index (χ1n) is 7.52. The SMILES string of the molecule is CC(C)CC(=O)Nc1nnc(S(=O)(=O)N(C)Cc2ccc(Cl)cc2)s1. The standard InChI is InChI=1S/C15H19ClN4O3S2/c1-10(2)8-13(21)17-14-18-19-15(24-14)25(22,23)20(3)9-11-4-6-12(16)7-5-11/h4-7,10H,8-9H2,1-3H3,(H,17,18,21). The third-order valence-electron chi connectivity index (χ3n) is 3.20. The van der Waals surface area contributed by atoms with Crippen molar-refractivity contribution in [1.29, 1.82) is 0 Å². The van der Waals surface area contributed by atoms with Crippen molar-refractivity contribution < 1.29 is 13.2 Å². The van der Waals surface area contributed by atoms with Gasteiger partial charge < -0.3 is 5.32 Å². The first-order valence-corrected chi connectivity index (χ1v) is 10.2. The monoisotopic (exact) mass is 402 g/mol. The highest BCUT2D eigenvalue weighted by atomic mass is 35.5. The number of carbonyl (C=O) groups is 1. The maximum absolute atomic E-state index is 12.6. The van der Waals surface area contributed by atoms with Crippen LogP contribution in [0.2, 0.25) is 5.02 Å². The van der Waals surface area contributed by atoms with Crippen molar-refractivity contribution in [3.05, 3.63) is 34.9 Å². The molecule has 0 aliphatic rings. The minimum atomic E-state index is -3.79. The Morgan fingerprint density at radius 1 is 1.28 bits per heavy atom. The summed E-state index contributed by atoms with van der Waals surface area (Å²) in [5.74, 6) is -0.0220. The van der Waals surface area contributed by atoms with Gasteiger partial charge in [-0.15, -0.1) is 10.2 Å². The second-order valence-electron chi connectivity index (χ2n) is 5.91. The number of hydrogen-bond donors (Lipinski definition) is 1. The number of carbonyl (C=O) groups excluding carboxylic acids is 1. The topological polar surface area (TPSA) is 92.3 Å². The van der Waals surface area contributed by atoms with Crippen molar-refractivity contribution in [3.8, 4) is 0 Å². The molecule has 1 aromatic heterocycles. The number of rotatable bonds is 7. The first-order chi connectivity index (χ1) is 11.7. The quantitative estimate of drug-likeness (QED) is 0.718. The van der Waals surface area contributed by atoms with Crippen molar-refractivity contribution in [3.63, 3.8) is 0 Å². The van der Waals surface area contributed by atoms with Crippen LogP contribution < -0.4 is 5.32 Å². The van der Waals surface area contributed by atoms with Gasteiger partial charge in [-0.05, 0) is 23.6 Å². The number of benzene rings is 1. The molecule has 0 atom stereocenters. The Morgan fingerprint density at radius 2 is 1.92 bits per heavy atom. The molecule has 0 saturated carbocycles. The molecule has 2 aromatic rings. The van der Waals surface area contributed by atoms with Crippen LogP contribution >= 0.6 is 22.9 Å². The Balaban J connectivity index is 2.08. The molecule has 0 radical (unpaired) electrons. The van der Waals surface area contributed by atoms with Crippen LogP contribution in [0.3, 0.4) is 0 Å². The van der Waals surface area contributed by atoms with E-state index in [-0.39, 0.29) is 27.8 Å². The molecule has 0 saturated heterocycles. The predicted octanol–water partition coefficient (Wildman–Crippen LogP) is 3.00. The molecule has 10 heteroatoms. The maximum Gasteiger partial charge on any atom is 0.272 e. The second kappa shape index (κ2) is 8.22. The Hall–Kier alpha value is -1.55. The van der Waals surface area contributed by atoms with E-state index in [1.807, 2.05) is 13.8 Å². The molecule has 0 aliphatic heterocycles. The van der Waals surface area contributed by atoms with Crippen LogP contribution in [0.25, 0.3) is 0 Å². The number of nitrogens with one attached hydrogen (secondary N) is 1. The van der Waals surface area contributed by atoms with E-state index in [1.54, 1.807) is 24.3 Å². The minimum Gasteiger partial charge on any atom is -0.300 e. The van der Waals surface area contributed by atoms with Crippen molar-refractivity contribution in [2.24, 2.45) is 5.92 Å². The van der Waals surface area contributed by atoms with Crippen LogP contribution in [-0.4, -0.2) is 35.9 Å². The summed E-state index contributed by atoms with van der Waals surface area (Å²) in [5.41, 5.74) is 0.797. The maximum atomic E-state index is 12.6. The fourth-order valence-corrected chi connectivity index (χ4v) is 4.36. The number of anilines is 1. The third-order valence-corrected chi connectivity index (χ3v) is 6.44. The molecule has 0 fully saturated rings. The highest BCUT2D eigenvalue weighted by molar-refractivity contribution is 7.91. The van der Waals surface area contributed by atoms with Crippen LogP contribution in [0.4, 0.5) is 5.13 Å². The molecule has 2 rings (SSSR count). The van der Waals surface area contributed by atoms with Gasteiger partial charge in [-0.2, -0.15) is 4.31 Å². The number of aromatic nitrogens is 2. The molecule has 1 N–H and O–H groups in total. The first kappa shape index (κ1) is 19.8. The molecular weight excluding hydrogens is 384 g/mol. The number of halogens is 1. The molecule has 136 valence electrons. The van der Waals surface area contributed by atoms with Gasteiger partial charge in [0.1, 0.15) is 0 Å². The van der Waals surface area contributed by atoms with Gasteiger partial charge in [0.25, 0.3) is 10.0 Å². The molecule has 1 heterocycles. The zero-order valence-corrected chi connectivity index (χ0v) is 16.5. The number of amides is 1. The molecule has 1 aromatic carbocycles. The summed E-state index contributed by atoms with van der Waals surface area (Å²) in [7, 11) is -2.33. The van der Waals surface area contributed by atoms with Gasteiger partial charge in [0, 0.05) is 25.0 Å². The normalized spacial score (nSPS) is 11.9. The molecule has 0 aliphatic carbocycles. The summed E-state index contributed by atoms with van der Waals surface area (Å²) < 4.78 is 26.2. The van der Waals surface area contributed by atoms with E-state index in [4.69, 9.17) is 11.6 Å². The van der Waals surface area contributed by atoms with Crippen molar-refractivity contribution in [2.75, 3.05) is 12.4 Å². The highest BCUT2D eigenvalue weighted by Crippen LogP contribution is 2.24. The van der Waals surface area contributed by atoms with Gasteiger partial charge in [0.05, 0.1) is 0 Å². The van der Waals surface area contributed by atoms with Crippen LogP contribution in [0, 0.1) is 5.92 Å². The average molecular weight is 403 g/mol.